The molecule has 1 aliphatic rings. The average Bonchev–Trinajstić information content (AvgIpc) is 2.33. The molecule has 1 aromatic rings. The Labute approximate surface area is 112 Å². The summed E-state index contributed by atoms with van der Waals surface area (Å²) in [6.45, 7) is 11.3. The van der Waals surface area contributed by atoms with Gasteiger partial charge in [-0.2, -0.15) is 0 Å². The molecule has 2 rings (SSSR count). The lowest BCUT2D eigenvalue weighted by Crippen LogP contribution is -2.47. The highest BCUT2D eigenvalue weighted by molar-refractivity contribution is 5.33. The lowest BCUT2D eigenvalue weighted by atomic mass is 9.59. The van der Waals surface area contributed by atoms with Crippen molar-refractivity contribution in [2.45, 2.75) is 51.9 Å². The molecule has 0 spiro atoms. The third-order valence-electron chi connectivity index (χ3n) is 4.38. The van der Waals surface area contributed by atoms with Crippen molar-refractivity contribution in [2.24, 2.45) is 5.92 Å². The van der Waals surface area contributed by atoms with E-state index in [9.17, 15) is 0 Å². The third-order valence-corrected chi connectivity index (χ3v) is 4.38. The van der Waals surface area contributed by atoms with Gasteiger partial charge in [-0.05, 0) is 42.3 Å². The number of likely N-dealkylation sites (N-methyl/N-ethyl adjacent to an activating group) is 1. The molecule has 1 aromatic carbocycles. The van der Waals surface area contributed by atoms with Crippen molar-refractivity contribution in [3.8, 4) is 0 Å². The van der Waals surface area contributed by atoms with Crippen molar-refractivity contribution >= 4 is 0 Å². The first kappa shape index (κ1) is 13.6. The highest BCUT2D eigenvalue weighted by Crippen LogP contribution is 2.47. The number of benzene rings is 1. The summed E-state index contributed by atoms with van der Waals surface area (Å²) in [7, 11) is 0. The van der Waals surface area contributed by atoms with Crippen LogP contribution in [0.25, 0.3) is 0 Å². The fourth-order valence-corrected chi connectivity index (χ4v) is 3.34. The first-order valence-corrected chi connectivity index (χ1v) is 7.38. The molecular weight excluding hydrogens is 218 g/mol. The summed E-state index contributed by atoms with van der Waals surface area (Å²) in [5, 5.41) is 3.55. The monoisotopic (exact) mass is 245 g/mol. The van der Waals surface area contributed by atoms with Crippen molar-refractivity contribution in [2.75, 3.05) is 13.1 Å². The van der Waals surface area contributed by atoms with Crippen LogP contribution in [0, 0.1) is 5.92 Å². The Bertz CT molecular complexity index is 371. The van der Waals surface area contributed by atoms with E-state index < -0.39 is 0 Å². The van der Waals surface area contributed by atoms with Crippen LogP contribution in [0.5, 0.6) is 0 Å². The van der Waals surface area contributed by atoms with Crippen molar-refractivity contribution in [3.05, 3.63) is 35.4 Å². The summed E-state index contributed by atoms with van der Waals surface area (Å²) >= 11 is 0. The maximum absolute atomic E-state index is 3.55. The Morgan fingerprint density at radius 2 is 1.83 bits per heavy atom. The summed E-state index contributed by atoms with van der Waals surface area (Å²) in [6, 6.07) is 9.35. The molecule has 0 saturated heterocycles. The van der Waals surface area contributed by atoms with Crippen LogP contribution in [0.2, 0.25) is 0 Å². The van der Waals surface area contributed by atoms with Crippen LogP contribution in [0.1, 0.15) is 57.6 Å². The van der Waals surface area contributed by atoms with Crippen LogP contribution < -0.4 is 5.32 Å². The topological polar surface area (TPSA) is 12.0 Å². The molecular formula is C17H27N. The predicted molar refractivity (Wildman–Crippen MR) is 79.2 cm³/mol. The maximum atomic E-state index is 3.55. The predicted octanol–water partition coefficient (Wildman–Crippen LogP) is 4.09. The second-order valence-corrected chi connectivity index (χ2v) is 6.35. The molecule has 100 valence electrons. The van der Waals surface area contributed by atoms with E-state index in [0.717, 1.165) is 19.0 Å². The van der Waals surface area contributed by atoms with E-state index in [0.29, 0.717) is 11.3 Å². The van der Waals surface area contributed by atoms with E-state index in [1.807, 2.05) is 0 Å². The molecule has 1 saturated carbocycles. The summed E-state index contributed by atoms with van der Waals surface area (Å²) in [6.07, 6.45) is 2.67. The number of nitrogens with one attached hydrogen (secondary N) is 1. The molecule has 1 fully saturated rings. The summed E-state index contributed by atoms with van der Waals surface area (Å²) < 4.78 is 0. The second kappa shape index (κ2) is 5.44. The number of rotatable bonds is 5. The summed E-state index contributed by atoms with van der Waals surface area (Å²) in [5.74, 6) is 1.51. The van der Waals surface area contributed by atoms with Gasteiger partial charge in [-0.15, -0.1) is 0 Å². The Balaban J connectivity index is 2.16. The molecule has 1 nitrogen and oxygen atoms in total. The Kier molecular flexibility index (Phi) is 4.11. The van der Waals surface area contributed by atoms with Gasteiger partial charge in [-0.1, -0.05) is 52.0 Å². The molecule has 0 heterocycles. The van der Waals surface area contributed by atoms with Gasteiger partial charge in [0.15, 0.2) is 0 Å². The van der Waals surface area contributed by atoms with Crippen molar-refractivity contribution in [1.82, 2.24) is 5.32 Å². The molecule has 0 amide bonds. The lowest BCUT2D eigenvalue weighted by molar-refractivity contribution is 0.153. The molecule has 0 atom stereocenters. The Hall–Kier alpha value is -0.820. The van der Waals surface area contributed by atoms with Gasteiger partial charge in [0.25, 0.3) is 0 Å². The van der Waals surface area contributed by atoms with E-state index in [1.165, 1.54) is 24.0 Å². The van der Waals surface area contributed by atoms with E-state index in [4.69, 9.17) is 0 Å². The Morgan fingerprint density at radius 1 is 1.22 bits per heavy atom. The molecule has 1 N–H and O–H groups in total. The van der Waals surface area contributed by atoms with Gasteiger partial charge in [0.2, 0.25) is 0 Å². The van der Waals surface area contributed by atoms with E-state index in [1.54, 1.807) is 0 Å². The van der Waals surface area contributed by atoms with E-state index in [-0.39, 0.29) is 0 Å². The maximum Gasteiger partial charge on any atom is 0.00828 e. The molecule has 0 aromatic heterocycles. The molecule has 0 unspecified atom stereocenters. The minimum absolute atomic E-state index is 0.408. The molecule has 18 heavy (non-hydrogen) atoms. The smallest absolute Gasteiger partial charge is 0.00828 e. The minimum Gasteiger partial charge on any atom is -0.316 e. The standard InChI is InChI=1S/C17H27N/c1-5-18-12-17(10-14(4)11-17)16-8-6-15(7-9-16)13(2)3/h6-9,13-14,18H,5,10-12H2,1-4H3. The van der Waals surface area contributed by atoms with Gasteiger partial charge in [0.05, 0.1) is 0 Å². The van der Waals surface area contributed by atoms with Crippen molar-refractivity contribution < 1.29 is 0 Å². The molecule has 0 aliphatic heterocycles. The van der Waals surface area contributed by atoms with Crippen LogP contribution in [0.15, 0.2) is 24.3 Å². The highest BCUT2D eigenvalue weighted by atomic mass is 14.9. The lowest BCUT2D eigenvalue weighted by Gasteiger charge is -2.47. The summed E-state index contributed by atoms with van der Waals surface area (Å²) in [5.41, 5.74) is 3.39. The number of hydrogen-bond donors (Lipinski definition) is 1. The van der Waals surface area contributed by atoms with Gasteiger partial charge in [0, 0.05) is 12.0 Å². The molecule has 0 bridgehead atoms. The zero-order chi connectivity index (χ0) is 13.2. The van der Waals surface area contributed by atoms with Crippen molar-refractivity contribution in [1.29, 1.82) is 0 Å². The average molecular weight is 245 g/mol. The normalized spacial score (nSPS) is 27.3. The molecule has 1 heteroatoms. The fraction of sp³-hybridized carbons (Fsp3) is 0.647. The van der Waals surface area contributed by atoms with Gasteiger partial charge in [-0.3, -0.25) is 0 Å². The van der Waals surface area contributed by atoms with Crippen molar-refractivity contribution in [3.63, 3.8) is 0 Å². The fourth-order valence-electron chi connectivity index (χ4n) is 3.34. The Morgan fingerprint density at radius 3 is 2.28 bits per heavy atom. The zero-order valence-corrected chi connectivity index (χ0v) is 12.3. The first-order chi connectivity index (χ1) is 8.57. The van der Waals surface area contributed by atoms with Crippen LogP contribution in [-0.2, 0) is 5.41 Å². The quantitative estimate of drug-likeness (QED) is 0.824. The van der Waals surface area contributed by atoms with Crippen LogP contribution >= 0.6 is 0 Å². The zero-order valence-electron chi connectivity index (χ0n) is 12.3. The van der Waals surface area contributed by atoms with E-state index >= 15 is 0 Å². The molecule has 0 radical (unpaired) electrons. The first-order valence-electron chi connectivity index (χ1n) is 7.38. The van der Waals surface area contributed by atoms with Gasteiger partial charge >= 0.3 is 0 Å². The third kappa shape index (κ3) is 2.61. The van der Waals surface area contributed by atoms with Gasteiger partial charge in [-0.25, -0.2) is 0 Å². The summed E-state index contributed by atoms with van der Waals surface area (Å²) in [4.78, 5) is 0. The van der Waals surface area contributed by atoms with Crippen LogP contribution in [0.3, 0.4) is 0 Å². The second-order valence-electron chi connectivity index (χ2n) is 6.35. The van der Waals surface area contributed by atoms with Gasteiger partial charge < -0.3 is 5.32 Å². The number of hydrogen-bond acceptors (Lipinski definition) is 1. The SMILES string of the molecule is CCNCC1(c2ccc(C(C)C)cc2)CC(C)C1. The van der Waals surface area contributed by atoms with Gasteiger partial charge in [0.1, 0.15) is 0 Å². The largest absolute Gasteiger partial charge is 0.316 e. The molecule has 1 aliphatic carbocycles. The highest BCUT2D eigenvalue weighted by Gasteiger charge is 2.42. The van der Waals surface area contributed by atoms with E-state index in [2.05, 4.69) is 57.3 Å². The van der Waals surface area contributed by atoms with Crippen LogP contribution in [0.4, 0.5) is 0 Å². The van der Waals surface area contributed by atoms with Crippen LogP contribution in [-0.4, -0.2) is 13.1 Å². The minimum atomic E-state index is 0.408.